The fourth-order valence-electron chi connectivity index (χ4n) is 1.52. The van der Waals surface area contributed by atoms with Gasteiger partial charge in [0.25, 0.3) is 0 Å². The van der Waals surface area contributed by atoms with Gasteiger partial charge in [0.05, 0.1) is 12.0 Å². The van der Waals surface area contributed by atoms with Crippen molar-refractivity contribution in [1.82, 2.24) is 0 Å². The molecule has 21 heavy (non-hydrogen) atoms. The molecule has 0 saturated heterocycles. The standard InChI is InChI=1S/C13H11F5N2O/c1-7(6-19)2-11(21)20-10-4-8(3-9(14)5-10)13(17,18)12(15)16/h3-5,7,12H,2H2,1H3,(H,20,21). The highest BCUT2D eigenvalue weighted by atomic mass is 19.3. The molecule has 1 aromatic rings. The van der Waals surface area contributed by atoms with Gasteiger partial charge in [-0.15, -0.1) is 0 Å². The molecule has 0 fully saturated rings. The normalized spacial score (nSPS) is 12.9. The molecule has 0 bridgehead atoms. The Morgan fingerprint density at radius 3 is 2.52 bits per heavy atom. The van der Waals surface area contributed by atoms with Gasteiger partial charge in [0.2, 0.25) is 5.91 Å². The summed E-state index contributed by atoms with van der Waals surface area (Å²) in [6.07, 6.45) is -4.23. The molecule has 0 aliphatic rings. The van der Waals surface area contributed by atoms with Crippen LogP contribution < -0.4 is 5.32 Å². The molecule has 0 heterocycles. The molecule has 0 radical (unpaired) electrons. The van der Waals surface area contributed by atoms with E-state index in [1.807, 2.05) is 0 Å². The van der Waals surface area contributed by atoms with Crippen LogP contribution in [0.4, 0.5) is 27.6 Å². The Morgan fingerprint density at radius 2 is 2.00 bits per heavy atom. The SMILES string of the molecule is CC(C#N)CC(=O)Nc1cc(F)cc(C(F)(F)C(F)F)c1. The van der Waals surface area contributed by atoms with Gasteiger partial charge in [-0.1, -0.05) is 0 Å². The minimum absolute atomic E-state index is 0.229. The van der Waals surface area contributed by atoms with Crippen molar-refractivity contribution in [3.05, 3.63) is 29.6 Å². The fraction of sp³-hybridized carbons (Fsp3) is 0.385. The third-order valence-corrected chi connectivity index (χ3v) is 2.55. The highest BCUT2D eigenvalue weighted by molar-refractivity contribution is 5.91. The number of amides is 1. The number of nitrogens with one attached hydrogen (secondary N) is 1. The Balaban J connectivity index is 2.98. The summed E-state index contributed by atoms with van der Waals surface area (Å²) in [4.78, 5) is 11.5. The minimum Gasteiger partial charge on any atom is -0.326 e. The highest BCUT2D eigenvalue weighted by Crippen LogP contribution is 2.36. The maximum Gasteiger partial charge on any atom is 0.332 e. The van der Waals surface area contributed by atoms with Crippen LogP contribution in [0.3, 0.4) is 0 Å². The first kappa shape index (κ1) is 16.9. The van der Waals surface area contributed by atoms with E-state index in [2.05, 4.69) is 5.32 Å². The van der Waals surface area contributed by atoms with Crippen LogP contribution in [0.15, 0.2) is 18.2 Å². The van der Waals surface area contributed by atoms with E-state index < -0.39 is 35.6 Å². The molecule has 1 atom stereocenters. The molecular formula is C13H11F5N2O. The molecule has 0 aliphatic heterocycles. The van der Waals surface area contributed by atoms with E-state index >= 15 is 0 Å². The van der Waals surface area contributed by atoms with Crippen LogP contribution in [0.25, 0.3) is 0 Å². The number of benzene rings is 1. The van der Waals surface area contributed by atoms with Crippen LogP contribution in [-0.4, -0.2) is 12.3 Å². The number of hydrogen-bond donors (Lipinski definition) is 1. The van der Waals surface area contributed by atoms with Gasteiger partial charge >= 0.3 is 12.3 Å². The Morgan fingerprint density at radius 1 is 1.38 bits per heavy atom. The number of rotatable bonds is 5. The Bertz CT molecular complexity index is 568. The van der Waals surface area contributed by atoms with Crippen molar-refractivity contribution in [2.75, 3.05) is 5.32 Å². The summed E-state index contributed by atoms with van der Waals surface area (Å²) >= 11 is 0. The van der Waals surface area contributed by atoms with Crippen LogP contribution in [0, 0.1) is 23.1 Å². The summed E-state index contributed by atoms with van der Waals surface area (Å²) in [6.45, 7) is 1.46. The maximum absolute atomic E-state index is 13.2. The molecule has 1 rings (SSSR count). The van der Waals surface area contributed by atoms with Crippen LogP contribution in [0.2, 0.25) is 0 Å². The van der Waals surface area contributed by atoms with Crippen LogP contribution >= 0.6 is 0 Å². The Hall–Kier alpha value is -2.17. The first-order valence-electron chi connectivity index (χ1n) is 5.83. The lowest BCUT2D eigenvalue weighted by Gasteiger charge is -2.17. The molecule has 114 valence electrons. The summed E-state index contributed by atoms with van der Waals surface area (Å²) in [6, 6.07) is 3.36. The molecule has 0 aliphatic carbocycles. The zero-order valence-electron chi connectivity index (χ0n) is 10.8. The molecule has 3 nitrogen and oxygen atoms in total. The van der Waals surface area contributed by atoms with Gasteiger partial charge in [0.1, 0.15) is 5.82 Å². The number of carbonyl (C=O) groups is 1. The van der Waals surface area contributed by atoms with Gasteiger partial charge in [0.15, 0.2) is 0 Å². The number of nitriles is 1. The van der Waals surface area contributed by atoms with Gasteiger partial charge in [-0.05, 0) is 25.1 Å². The van der Waals surface area contributed by atoms with Crippen molar-refractivity contribution in [2.45, 2.75) is 25.7 Å². The molecule has 8 heteroatoms. The first-order valence-corrected chi connectivity index (χ1v) is 5.83. The van der Waals surface area contributed by atoms with Crippen molar-refractivity contribution in [3.63, 3.8) is 0 Å². The maximum atomic E-state index is 13.2. The van der Waals surface area contributed by atoms with Crippen molar-refractivity contribution < 1.29 is 26.7 Å². The van der Waals surface area contributed by atoms with Gasteiger partial charge in [-0.2, -0.15) is 14.0 Å². The lowest BCUT2D eigenvalue weighted by Crippen LogP contribution is -2.24. The van der Waals surface area contributed by atoms with Crippen molar-refractivity contribution in [1.29, 1.82) is 5.26 Å². The average molecular weight is 306 g/mol. The molecule has 1 amide bonds. The van der Waals surface area contributed by atoms with Crippen molar-refractivity contribution >= 4 is 11.6 Å². The van der Waals surface area contributed by atoms with Gasteiger partial charge in [0, 0.05) is 17.7 Å². The quantitative estimate of drug-likeness (QED) is 0.844. The average Bonchev–Trinajstić information content (AvgIpc) is 2.37. The molecule has 0 saturated carbocycles. The number of alkyl halides is 4. The molecule has 1 N–H and O–H groups in total. The number of hydrogen-bond acceptors (Lipinski definition) is 2. The van der Waals surface area contributed by atoms with Gasteiger partial charge in [-0.25, -0.2) is 13.2 Å². The van der Waals surface area contributed by atoms with Crippen LogP contribution in [0.1, 0.15) is 18.9 Å². The van der Waals surface area contributed by atoms with E-state index in [1.54, 1.807) is 6.07 Å². The minimum atomic E-state index is -4.53. The summed E-state index contributed by atoms with van der Waals surface area (Å²) < 4.78 is 64.0. The number of carbonyl (C=O) groups excluding carboxylic acids is 1. The van der Waals surface area contributed by atoms with Gasteiger partial charge < -0.3 is 5.32 Å². The highest BCUT2D eigenvalue weighted by Gasteiger charge is 2.43. The molecular weight excluding hydrogens is 295 g/mol. The van der Waals surface area contributed by atoms with Crippen molar-refractivity contribution in [3.8, 4) is 6.07 Å². The van der Waals surface area contributed by atoms with E-state index in [1.165, 1.54) is 6.92 Å². The van der Waals surface area contributed by atoms with Crippen LogP contribution in [0.5, 0.6) is 0 Å². The molecule has 0 aromatic heterocycles. The smallest absolute Gasteiger partial charge is 0.326 e. The third-order valence-electron chi connectivity index (χ3n) is 2.55. The third kappa shape index (κ3) is 4.41. The van der Waals surface area contributed by atoms with E-state index in [0.29, 0.717) is 6.07 Å². The second-order valence-electron chi connectivity index (χ2n) is 4.43. The first-order chi connectivity index (χ1) is 9.66. The monoisotopic (exact) mass is 306 g/mol. The summed E-state index contributed by atoms with van der Waals surface area (Å²) in [5, 5.41) is 10.6. The van der Waals surface area contributed by atoms with E-state index in [0.717, 1.165) is 6.07 Å². The number of nitrogens with zero attached hydrogens (tertiary/aromatic N) is 1. The summed E-state index contributed by atoms with van der Waals surface area (Å²) in [5.74, 6) is -7.04. The van der Waals surface area contributed by atoms with E-state index in [4.69, 9.17) is 5.26 Å². The number of anilines is 1. The van der Waals surface area contributed by atoms with Crippen LogP contribution in [-0.2, 0) is 10.7 Å². The predicted octanol–water partition coefficient (Wildman–Crippen LogP) is 3.67. The number of halogens is 5. The molecule has 0 spiro atoms. The Labute approximate surface area is 117 Å². The largest absolute Gasteiger partial charge is 0.332 e. The fourth-order valence-corrected chi connectivity index (χ4v) is 1.52. The van der Waals surface area contributed by atoms with Crippen molar-refractivity contribution in [2.24, 2.45) is 5.92 Å². The Kier molecular flexibility index (Phi) is 5.24. The zero-order valence-corrected chi connectivity index (χ0v) is 10.8. The zero-order chi connectivity index (χ0) is 16.2. The second kappa shape index (κ2) is 6.52. The van der Waals surface area contributed by atoms with E-state index in [9.17, 15) is 26.7 Å². The lowest BCUT2D eigenvalue weighted by atomic mass is 10.1. The van der Waals surface area contributed by atoms with E-state index in [-0.39, 0.29) is 18.2 Å². The summed E-state index contributed by atoms with van der Waals surface area (Å²) in [5.41, 5.74) is -1.61. The predicted molar refractivity (Wildman–Crippen MR) is 64.3 cm³/mol. The van der Waals surface area contributed by atoms with Gasteiger partial charge in [-0.3, -0.25) is 4.79 Å². The second-order valence-corrected chi connectivity index (χ2v) is 4.43. The molecule has 1 unspecified atom stereocenters. The molecule has 1 aromatic carbocycles. The topological polar surface area (TPSA) is 52.9 Å². The summed E-state index contributed by atoms with van der Waals surface area (Å²) in [7, 11) is 0. The lowest BCUT2D eigenvalue weighted by molar-refractivity contribution is -0.135.